The van der Waals surface area contributed by atoms with Crippen LogP contribution in [0.2, 0.25) is 0 Å². The maximum Gasteiger partial charge on any atom is 0.245 e. The van der Waals surface area contributed by atoms with Crippen LogP contribution in [0.1, 0.15) is 12.8 Å². The van der Waals surface area contributed by atoms with Gasteiger partial charge in [-0.05, 0) is 25.0 Å². The SMILES string of the molecule is NC1CCCN(S(=O)(=O)c2cccc3cccnc23)C1. The summed E-state index contributed by atoms with van der Waals surface area (Å²) in [4.78, 5) is 4.49. The van der Waals surface area contributed by atoms with Crippen molar-refractivity contribution in [3.05, 3.63) is 36.5 Å². The molecule has 2 aromatic rings. The summed E-state index contributed by atoms with van der Waals surface area (Å²) < 4.78 is 27.0. The van der Waals surface area contributed by atoms with Crippen molar-refractivity contribution in [3.8, 4) is 0 Å². The Labute approximate surface area is 118 Å². The van der Waals surface area contributed by atoms with Crippen LogP contribution in [0.5, 0.6) is 0 Å². The van der Waals surface area contributed by atoms with Gasteiger partial charge in [0.2, 0.25) is 10.0 Å². The Bertz CT molecular complexity index is 725. The lowest BCUT2D eigenvalue weighted by molar-refractivity contribution is 0.316. The molecule has 1 aliphatic heterocycles. The fourth-order valence-corrected chi connectivity index (χ4v) is 4.32. The molecule has 0 saturated carbocycles. The molecule has 1 aromatic heterocycles. The Balaban J connectivity index is 2.09. The van der Waals surface area contributed by atoms with E-state index in [-0.39, 0.29) is 10.9 Å². The quantitative estimate of drug-likeness (QED) is 0.906. The fourth-order valence-electron chi connectivity index (χ4n) is 2.62. The van der Waals surface area contributed by atoms with Crippen LogP contribution < -0.4 is 5.73 Å². The van der Waals surface area contributed by atoms with Crippen molar-refractivity contribution in [1.29, 1.82) is 0 Å². The molecule has 0 spiro atoms. The second kappa shape index (κ2) is 5.12. The van der Waals surface area contributed by atoms with E-state index in [1.165, 1.54) is 4.31 Å². The molecule has 3 rings (SSSR count). The van der Waals surface area contributed by atoms with Crippen molar-refractivity contribution in [2.75, 3.05) is 13.1 Å². The third-order valence-corrected chi connectivity index (χ3v) is 5.53. The molecule has 1 aliphatic rings. The van der Waals surface area contributed by atoms with Crippen LogP contribution in [0.4, 0.5) is 0 Å². The van der Waals surface area contributed by atoms with E-state index < -0.39 is 10.0 Å². The minimum Gasteiger partial charge on any atom is -0.327 e. The number of piperidine rings is 1. The van der Waals surface area contributed by atoms with Gasteiger partial charge < -0.3 is 5.73 Å². The lowest BCUT2D eigenvalue weighted by Gasteiger charge is -2.30. The van der Waals surface area contributed by atoms with E-state index in [0.717, 1.165) is 18.2 Å². The van der Waals surface area contributed by atoms with E-state index in [2.05, 4.69) is 4.98 Å². The van der Waals surface area contributed by atoms with Crippen LogP contribution in [0.25, 0.3) is 10.9 Å². The number of sulfonamides is 1. The standard InChI is InChI=1S/C14H17N3O2S/c15-12-6-3-9-17(10-12)20(18,19)13-7-1-4-11-5-2-8-16-14(11)13/h1-2,4-5,7-8,12H,3,6,9-10,15H2. The first-order chi connectivity index (χ1) is 9.59. The summed E-state index contributed by atoms with van der Waals surface area (Å²) in [5.74, 6) is 0. The van der Waals surface area contributed by atoms with Gasteiger partial charge in [0.15, 0.2) is 0 Å². The monoisotopic (exact) mass is 291 g/mol. The van der Waals surface area contributed by atoms with Crippen LogP contribution >= 0.6 is 0 Å². The summed E-state index contributed by atoms with van der Waals surface area (Å²) >= 11 is 0. The Kier molecular flexibility index (Phi) is 3.45. The third kappa shape index (κ3) is 2.30. The maximum absolute atomic E-state index is 12.8. The highest BCUT2D eigenvalue weighted by Gasteiger charge is 2.30. The van der Waals surface area contributed by atoms with Gasteiger partial charge in [0.05, 0.1) is 5.52 Å². The van der Waals surface area contributed by atoms with Crippen molar-refractivity contribution in [3.63, 3.8) is 0 Å². The molecule has 0 aliphatic carbocycles. The van der Waals surface area contributed by atoms with Crippen molar-refractivity contribution in [2.45, 2.75) is 23.8 Å². The summed E-state index contributed by atoms with van der Waals surface area (Å²) in [5.41, 5.74) is 6.41. The van der Waals surface area contributed by atoms with Gasteiger partial charge in [-0.25, -0.2) is 8.42 Å². The van der Waals surface area contributed by atoms with Crippen molar-refractivity contribution in [1.82, 2.24) is 9.29 Å². The zero-order chi connectivity index (χ0) is 14.2. The first-order valence-corrected chi connectivity index (χ1v) is 8.12. The Morgan fingerprint density at radius 3 is 2.85 bits per heavy atom. The zero-order valence-electron chi connectivity index (χ0n) is 11.1. The van der Waals surface area contributed by atoms with Gasteiger partial charge in [0.1, 0.15) is 4.90 Å². The number of aromatic nitrogens is 1. The van der Waals surface area contributed by atoms with Gasteiger partial charge in [-0.15, -0.1) is 0 Å². The number of nitrogens with two attached hydrogens (primary N) is 1. The third-order valence-electron chi connectivity index (χ3n) is 3.63. The zero-order valence-corrected chi connectivity index (χ0v) is 11.9. The van der Waals surface area contributed by atoms with Gasteiger partial charge >= 0.3 is 0 Å². The fraction of sp³-hybridized carbons (Fsp3) is 0.357. The average molecular weight is 291 g/mol. The second-order valence-electron chi connectivity index (χ2n) is 5.10. The number of pyridine rings is 1. The van der Waals surface area contributed by atoms with E-state index in [1.807, 2.05) is 12.1 Å². The molecule has 1 unspecified atom stereocenters. The van der Waals surface area contributed by atoms with Crippen LogP contribution in [0.3, 0.4) is 0 Å². The Morgan fingerprint density at radius 2 is 2.05 bits per heavy atom. The predicted molar refractivity (Wildman–Crippen MR) is 77.7 cm³/mol. The first-order valence-electron chi connectivity index (χ1n) is 6.68. The summed E-state index contributed by atoms with van der Waals surface area (Å²) in [7, 11) is -3.53. The van der Waals surface area contributed by atoms with Crippen molar-refractivity contribution < 1.29 is 8.42 Å². The van der Waals surface area contributed by atoms with Crippen molar-refractivity contribution in [2.24, 2.45) is 5.73 Å². The Morgan fingerprint density at radius 1 is 1.25 bits per heavy atom. The van der Waals surface area contributed by atoms with Gasteiger partial charge in [-0.3, -0.25) is 4.98 Å². The summed E-state index contributed by atoms with van der Waals surface area (Å²) in [6.45, 7) is 0.908. The molecular weight excluding hydrogens is 274 g/mol. The highest BCUT2D eigenvalue weighted by atomic mass is 32.2. The molecular formula is C14H17N3O2S. The largest absolute Gasteiger partial charge is 0.327 e. The molecule has 1 atom stereocenters. The van der Waals surface area contributed by atoms with Gasteiger partial charge in [0.25, 0.3) is 0 Å². The molecule has 2 heterocycles. The average Bonchev–Trinajstić information content (AvgIpc) is 2.46. The number of nitrogens with zero attached hydrogens (tertiary/aromatic N) is 2. The van der Waals surface area contributed by atoms with E-state index in [4.69, 9.17) is 5.73 Å². The summed E-state index contributed by atoms with van der Waals surface area (Å²) in [6.07, 6.45) is 3.29. The lowest BCUT2D eigenvalue weighted by Crippen LogP contribution is -2.45. The molecule has 0 bridgehead atoms. The highest BCUT2D eigenvalue weighted by molar-refractivity contribution is 7.89. The molecule has 0 amide bonds. The molecule has 1 saturated heterocycles. The minimum atomic E-state index is -3.53. The van der Waals surface area contributed by atoms with E-state index >= 15 is 0 Å². The van der Waals surface area contributed by atoms with Gasteiger partial charge in [-0.2, -0.15) is 4.31 Å². The van der Waals surface area contributed by atoms with Crippen LogP contribution in [0, 0.1) is 0 Å². The smallest absolute Gasteiger partial charge is 0.245 e. The lowest BCUT2D eigenvalue weighted by atomic mass is 10.1. The number of para-hydroxylation sites is 1. The van der Waals surface area contributed by atoms with Gasteiger partial charge in [0, 0.05) is 30.7 Å². The number of benzene rings is 1. The molecule has 1 aromatic carbocycles. The number of fused-ring (bicyclic) bond motifs is 1. The summed E-state index contributed by atoms with van der Waals surface area (Å²) in [6, 6.07) is 8.81. The van der Waals surface area contributed by atoms with E-state index in [0.29, 0.717) is 18.6 Å². The van der Waals surface area contributed by atoms with Crippen LogP contribution in [-0.4, -0.2) is 36.8 Å². The topological polar surface area (TPSA) is 76.3 Å². The van der Waals surface area contributed by atoms with E-state index in [9.17, 15) is 8.42 Å². The second-order valence-corrected chi connectivity index (χ2v) is 7.00. The molecule has 6 heteroatoms. The Hall–Kier alpha value is -1.50. The molecule has 1 fully saturated rings. The van der Waals surface area contributed by atoms with Crippen LogP contribution in [-0.2, 0) is 10.0 Å². The predicted octanol–water partition coefficient (Wildman–Crippen LogP) is 1.35. The molecule has 2 N–H and O–H groups in total. The van der Waals surface area contributed by atoms with Gasteiger partial charge in [-0.1, -0.05) is 18.2 Å². The van der Waals surface area contributed by atoms with Crippen LogP contribution in [0.15, 0.2) is 41.4 Å². The number of hydrogen-bond donors (Lipinski definition) is 1. The maximum atomic E-state index is 12.8. The number of hydrogen-bond acceptors (Lipinski definition) is 4. The molecule has 0 radical (unpaired) electrons. The molecule has 5 nitrogen and oxygen atoms in total. The molecule has 106 valence electrons. The van der Waals surface area contributed by atoms with Crippen molar-refractivity contribution >= 4 is 20.9 Å². The highest BCUT2D eigenvalue weighted by Crippen LogP contribution is 2.25. The minimum absolute atomic E-state index is 0.0820. The molecule has 20 heavy (non-hydrogen) atoms. The van der Waals surface area contributed by atoms with E-state index in [1.54, 1.807) is 24.4 Å². The number of rotatable bonds is 2. The first kappa shape index (κ1) is 13.5. The normalized spacial score (nSPS) is 21.1. The summed E-state index contributed by atoms with van der Waals surface area (Å²) in [5, 5.41) is 0.829.